The van der Waals surface area contributed by atoms with Crippen LogP contribution in [0.2, 0.25) is 0 Å². The third-order valence-corrected chi connectivity index (χ3v) is 3.57. The second-order valence-electron chi connectivity index (χ2n) is 5.44. The van der Waals surface area contributed by atoms with Gasteiger partial charge in [0.05, 0.1) is 0 Å². The molecular weight excluding hydrogens is 271 g/mol. The van der Waals surface area contributed by atoms with Gasteiger partial charge in [-0.05, 0) is 6.42 Å². The van der Waals surface area contributed by atoms with Crippen molar-refractivity contribution in [3.8, 4) is 0 Å². The topological polar surface area (TPSA) is 78.3 Å². The molecule has 0 bridgehead atoms. The lowest BCUT2D eigenvalue weighted by Crippen LogP contribution is -2.02. The van der Waals surface area contributed by atoms with Crippen molar-refractivity contribution in [1.29, 1.82) is 0 Å². The Morgan fingerprint density at radius 2 is 1.10 bits per heavy atom. The molecule has 0 aromatic carbocycles. The number of halogens is 1. The molecule has 128 valence electrons. The predicted molar refractivity (Wildman–Crippen MR) is 85.9 cm³/mol. The smallest absolute Gasteiger partial charge is 0.274 e. The molecule has 5 heteroatoms. The summed E-state index contributed by atoms with van der Waals surface area (Å²) >= 11 is 0. The van der Waals surface area contributed by atoms with E-state index >= 15 is 0 Å². The summed E-state index contributed by atoms with van der Waals surface area (Å²) in [5.74, 6) is 7.27. The van der Waals surface area contributed by atoms with E-state index in [1.165, 1.54) is 64.2 Å². The van der Waals surface area contributed by atoms with Crippen LogP contribution in [0.1, 0.15) is 96.8 Å². The average Bonchev–Trinajstić information content (AvgIpc) is 2.53. The number of carbonyl (C=O) groups excluding carboxylic acids is 1. The standard InChI is InChI=1S/C16H31FO2.H4N2/c1-2-3-4-5-6-7-8-9-10-11-12-13-14-15-16(18)19-17;1-2/h2-15H2,1H3;1-2H2. The van der Waals surface area contributed by atoms with Crippen LogP contribution in [0.5, 0.6) is 0 Å². The zero-order valence-electron chi connectivity index (χ0n) is 13.7. The van der Waals surface area contributed by atoms with E-state index in [2.05, 4.69) is 23.6 Å². The zero-order valence-corrected chi connectivity index (χ0v) is 13.7. The highest BCUT2D eigenvalue weighted by Gasteiger charge is 2.01. The third-order valence-electron chi connectivity index (χ3n) is 3.57. The highest BCUT2D eigenvalue weighted by atomic mass is 19.3. The minimum absolute atomic E-state index is 0.217. The highest BCUT2D eigenvalue weighted by Crippen LogP contribution is 2.12. The molecule has 0 rings (SSSR count). The average molecular weight is 306 g/mol. The molecule has 0 saturated carbocycles. The first-order chi connectivity index (χ1) is 10.3. The summed E-state index contributed by atoms with van der Waals surface area (Å²) < 4.78 is 11.4. The van der Waals surface area contributed by atoms with Gasteiger partial charge >= 0.3 is 5.97 Å². The number of hydrogen-bond donors (Lipinski definition) is 2. The lowest BCUT2D eigenvalue weighted by Gasteiger charge is -2.02. The van der Waals surface area contributed by atoms with E-state index in [-0.39, 0.29) is 6.42 Å². The molecule has 0 fully saturated rings. The molecule has 0 atom stereocenters. The van der Waals surface area contributed by atoms with Crippen molar-refractivity contribution in [3.05, 3.63) is 0 Å². The van der Waals surface area contributed by atoms with Crippen LogP contribution in [0.15, 0.2) is 0 Å². The molecule has 0 aliphatic rings. The Labute approximate surface area is 129 Å². The Bertz CT molecular complexity index is 205. The van der Waals surface area contributed by atoms with Crippen LogP contribution in [-0.2, 0) is 9.74 Å². The SMILES string of the molecule is CCCCCCCCCCCCCCCC(=O)OF.NN. The van der Waals surface area contributed by atoms with Crippen LogP contribution in [0, 0.1) is 0 Å². The summed E-state index contributed by atoms with van der Waals surface area (Å²) in [6, 6.07) is 0. The fraction of sp³-hybridized carbons (Fsp3) is 0.938. The molecule has 0 unspecified atom stereocenters. The number of hydrogen-bond acceptors (Lipinski definition) is 4. The highest BCUT2D eigenvalue weighted by molar-refractivity contribution is 5.68. The molecule has 0 spiro atoms. The van der Waals surface area contributed by atoms with Gasteiger partial charge in [0.25, 0.3) is 0 Å². The van der Waals surface area contributed by atoms with E-state index in [9.17, 15) is 9.32 Å². The van der Waals surface area contributed by atoms with Crippen LogP contribution in [0.3, 0.4) is 0 Å². The number of rotatable bonds is 14. The van der Waals surface area contributed by atoms with Gasteiger partial charge in [0.1, 0.15) is 0 Å². The minimum Gasteiger partial charge on any atom is -0.274 e. The zero-order chi connectivity index (χ0) is 16.2. The maximum absolute atomic E-state index is 11.4. The van der Waals surface area contributed by atoms with Crippen LogP contribution in [0.25, 0.3) is 0 Å². The van der Waals surface area contributed by atoms with Crippen molar-refractivity contribution in [2.45, 2.75) is 96.8 Å². The van der Waals surface area contributed by atoms with E-state index in [4.69, 9.17) is 0 Å². The molecule has 0 aromatic rings. The second-order valence-corrected chi connectivity index (χ2v) is 5.44. The second kappa shape index (κ2) is 21.6. The van der Waals surface area contributed by atoms with Crippen molar-refractivity contribution >= 4 is 5.97 Å². The Balaban J connectivity index is 0. The van der Waals surface area contributed by atoms with Gasteiger partial charge in [-0.2, -0.15) is 0 Å². The molecule has 0 heterocycles. The molecule has 4 nitrogen and oxygen atoms in total. The maximum Gasteiger partial charge on any atom is 0.348 e. The van der Waals surface area contributed by atoms with E-state index < -0.39 is 5.97 Å². The van der Waals surface area contributed by atoms with Crippen molar-refractivity contribution in [3.63, 3.8) is 0 Å². The Morgan fingerprint density at radius 3 is 1.43 bits per heavy atom. The number of unbranched alkanes of at least 4 members (excludes halogenated alkanes) is 12. The fourth-order valence-corrected chi connectivity index (χ4v) is 2.33. The first kappa shape index (κ1) is 22.6. The summed E-state index contributed by atoms with van der Waals surface area (Å²) in [5, 5.41) is 0. The van der Waals surface area contributed by atoms with Crippen LogP contribution >= 0.6 is 0 Å². The Kier molecular flexibility index (Phi) is 23.3. The van der Waals surface area contributed by atoms with Crippen LogP contribution in [0.4, 0.5) is 4.53 Å². The minimum atomic E-state index is -0.733. The fourth-order valence-electron chi connectivity index (χ4n) is 2.33. The predicted octanol–water partition coefficient (Wildman–Crippen LogP) is 4.71. The molecular formula is C16H35FN2O2. The first-order valence-electron chi connectivity index (χ1n) is 8.46. The molecule has 0 aliphatic carbocycles. The van der Waals surface area contributed by atoms with Gasteiger partial charge in [-0.15, -0.1) is 0 Å². The molecule has 0 radical (unpaired) electrons. The van der Waals surface area contributed by atoms with Gasteiger partial charge in [0, 0.05) is 10.9 Å². The Hall–Kier alpha value is -0.680. The van der Waals surface area contributed by atoms with Crippen molar-refractivity contribution in [2.75, 3.05) is 0 Å². The molecule has 21 heavy (non-hydrogen) atoms. The molecule has 0 aromatic heterocycles. The van der Waals surface area contributed by atoms with Gasteiger partial charge in [-0.3, -0.25) is 16.6 Å². The summed E-state index contributed by atoms with van der Waals surface area (Å²) in [6.07, 6.45) is 16.6. The normalized spacial score (nSPS) is 9.90. The quantitative estimate of drug-likeness (QED) is 0.277. The van der Waals surface area contributed by atoms with E-state index in [1.54, 1.807) is 0 Å². The largest absolute Gasteiger partial charge is 0.348 e. The summed E-state index contributed by atoms with van der Waals surface area (Å²) in [7, 11) is 0. The van der Waals surface area contributed by atoms with Gasteiger partial charge in [-0.25, -0.2) is 4.79 Å². The first-order valence-corrected chi connectivity index (χ1v) is 8.46. The number of nitrogens with two attached hydrogens (primary N) is 2. The number of carbonyl (C=O) groups is 1. The van der Waals surface area contributed by atoms with E-state index in [0.717, 1.165) is 19.3 Å². The molecule has 4 N–H and O–H groups in total. The lowest BCUT2D eigenvalue weighted by molar-refractivity contribution is -0.183. The van der Waals surface area contributed by atoms with Crippen molar-refractivity contribution in [2.24, 2.45) is 11.7 Å². The lowest BCUT2D eigenvalue weighted by atomic mass is 10.0. The Morgan fingerprint density at radius 1 is 0.762 bits per heavy atom. The third kappa shape index (κ3) is 21.8. The van der Waals surface area contributed by atoms with E-state index in [0.29, 0.717) is 0 Å². The van der Waals surface area contributed by atoms with Gasteiger partial charge < -0.3 is 0 Å². The van der Waals surface area contributed by atoms with Gasteiger partial charge in [-0.1, -0.05) is 84.0 Å². The molecule has 0 saturated heterocycles. The maximum atomic E-state index is 11.4. The summed E-state index contributed by atoms with van der Waals surface area (Å²) in [6.45, 7) is 2.25. The monoisotopic (exact) mass is 306 g/mol. The summed E-state index contributed by atoms with van der Waals surface area (Å²) in [5.41, 5.74) is 0. The van der Waals surface area contributed by atoms with E-state index in [1.807, 2.05) is 0 Å². The van der Waals surface area contributed by atoms with Crippen molar-refractivity contribution in [1.82, 2.24) is 0 Å². The van der Waals surface area contributed by atoms with Gasteiger partial charge in [0.15, 0.2) is 0 Å². The van der Waals surface area contributed by atoms with Gasteiger partial charge in [0.2, 0.25) is 0 Å². The van der Waals surface area contributed by atoms with Crippen molar-refractivity contribution < 1.29 is 14.3 Å². The molecule has 0 aliphatic heterocycles. The molecule has 0 amide bonds. The van der Waals surface area contributed by atoms with Crippen LogP contribution in [-0.4, -0.2) is 5.97 Å². The number of hydrazine groups is 1. The summed E-state index contributed by atoms with van der Waals surface area (Å²) in [4.78, 5) is 13.6. The van der Waals surface area contributed by atoms with Crippen LogP contribution < -0.4 is 11.7 Å².